The number of aromatic nitrogens is 1. The van der Waals surface area contributed by atoms with Gasteiger partial charge in [0.2, 0.25) is 0 Å². The van der Waals surface area contributed by atoms with Gasteiger partial charge in [0.25, 0.3) is 0 Å². The molecule has 0 atom stereocenters. The van der Waals surface area contributed by atoms with E-state index in [0.29, 0.717) is 5.75 Å². The van der Waals surface area contributed by atoms with Crippen molar-refractivity contribution in [2.24, 2.45) is 11.8 Å². The summed E-state index contributed by atoms with van der Waals surface area (Å²) in [6, 6.07) is 3.84. The monoisotopic (exact) mass is 303 g/mol. The maximum absolute atomic E-state index is 12.2. The fourth-order valence-electron chi connectivity index (χ4n) is 3.27. The average molecular weight is 303 g/mol. The van der Waals surface area contributed by atoms with E-state index in [1.165, 1.54) is 32.1 Å². The Kier molecular flexibility index (Phi) is 6.88. The Morgan fingerprint density at radius 1 is 1.18 bits per heavy atom. The molecule has 0 aromatic carbocycles. The Labute approximate surface area is 134 Å². The number of carbonyl (C=O) groups excluding carboxylic acids is 1. The fraction of sp³-hybridized carbons (Fsp3) is 0.684. The van der Waals surface area contributed by atoms with E-state index < -0.39 is 0 Å². The first kappa shape index (κ1) is 17.0. The van der Waals surface area contributed by atoms with Crippen molar-refractivity contribution in [3.63, 3.8) is 0 Å². The van der Waals surface area contributed by atoms with Gasteiger partial charge in [-0.3, -0.25) is 9.78 Å². The molecule has 0 unspecified atom stereocenters. The van der Waals surface area contributed by atoms with Gasteiger partial charge in [0.15, 0.2) is 0 Å². The van der Waals surface area contributed by atoms with E-state index in [9.17, 15) is 4.79 Å². The molecule has 0 radical (unpaired) electrons. The highest BCUT2D eigenvalue weighted by atomic mass is 16.5. The normalized spacial score (nSPS) is 21.5. The van der Waals surface area contributed by atoms with Gasteiger partial charge < -0.3 is 4.74 Å². The second kappa shape index (κ2) is 8.92. The summed E-state index contributed by atoms with van der Waals surface area (Å²) in [5.74, 6) is 1.40. The highest BCUT2D eigenvalue weighted by molar-refractivity contribution is 5.75. The molecule has 1 aromatic heterocycles. The molecule has 2 rings (SSSR count). The number of ether oxygens (including phenoxy) is 1. The second-order valence-corrected chi connectivity index (χ2v) is 6.52. The Morgan fingerprint density at radius 2 is 1.95 bits per heavy atom. The first-order chi connectivity index (χ1) is 10.7. The largest absolute Gasteiger partial charge is 0.425 e. The summed E-state index contributed by atoms with van der Waals surface area (Å²) in [5.41, 5.74) is 1.07. The molecule has 1 heterocycles. The van der Waals surface area contributed by atoms with Crippen molar-refractivity contribution in [3.05, 3.63) is 24.0 Å². The predicted molar refractivity (Wildman–Crippen MR) is 88.8 cm³/mol. The van der Waals surface area contributed by atoms with Crippen LogP contribution in [0.3, 0.4) is 0 Å². The molecule has 0 saturated heterocycles. The topological polar surface area (TPSA) is 39.2 Å². The van der Waals surface area contributed by atoms with Gasteiger partial charge in [-0.05, 0) is 56.6 Å². The standard InChI is InChI=1S/C19H29NO2/c1-3-5-7-17-12-13-18(14-20-17)22-19(21)16-10-8-15(6-4-2)9-11-16/h12-16H,3-11H2,1-2H3. The van der Waals surface area contributed by atoms with Crippen molar-refractivity contribution in [2.45, 2.75) is 71.6 Å². The van der Waals surface area contributed by atoms with Crippen LogP contribution < -0.4 is 4.74 Å². The van der Waals surface area contributed by atoms with Crippen molar-refractivity contribution in [1.29, 1.82) is 0 Å². The molecule has 3 heteroatoms. The summed E-state index contributed by atoms with van der Waals surface area (Å²) in [6.45, 7) is 4.41. The van der Waals surface area contributed by atoms with E-state index in [0.717, 1.165) is 37.3 Å². The van der Waals surface area contributed by atoms with Crippen LogP contribution >= 0.6 is 0 Å². The number of rotatable bonds is 7. The van der Waals surface area contributed by atoms with Crippen LogP contribution in [0.1, 0.15) is 70.9 Å². The van der Waals surface area contributed by atoms with Crippen LogP contribution in [-0.2, 0) is 11.2 Å². The fourth-order valence-corrected chi connectivity index (χ4v) is 3.27. The highest BCUT2D eigenvalue weighted by Gasteiger charge is 2.27. The first-order valence-corrected chi connectivity index (χ1v) is 8.89. The second-order valence-electron chi connectivity index (χ2n) is 6.52. The van der Waals surface area contributed by atoms with Gasteiger partial charge in [-0.2, -0.15) is 0 Å². The first-order valence-electron chi connectivity index (χ1n) is 8.89. The lowest BCUT2D eigenvalue weighted by Gasteiger charge is -2.26. The van der Waals surface area contributed by atoms with Gasteiger partial charge in [-0.1, -0.05) is 33.1 Å². The molecule has 1 aliphatic rings. The van der Waals surface area contributed by atoms with E-state index in [2.05, 4.69) is 18.8 Å². The lowest BCUT2D eigenvalue weighted by atomic mass is 9.80. The van der Waals surface area contributed by atoms with Crippen molar-refractivity contribution in [1.82, 2.24) is 4.98 Å². The number of carbonyl (C=O) groups is 1. The van der Waals surface area contributed by atoms with Gasteiger partial charge in [-0.15, -0.1) is 0 Å². The number of hydrogen-bond acceptors (Lipinski definition) is 3. The Balaban J connectivity index is 1.79. The molecule has 3 nitrogen and oxygen atoms in total. The van der Waals surface area contributed by atoms with E-state index in [1.54, 1.807) is 6.20 Å². The molecule has 0 N–H and O–H groups in total. The van der Waals surface area contributed by atoms with Gasteiger partial charge >= 0.3 is 5.97 Å². The van der Waals surface area contributed by atoms with Crippen molar-refractivity contribution < 1.29 is 9.53 Å². The lowest BCUT2D eigenvalue weighted by Crippen LogP contribution is -2.25. The number of nitrogens with zero attached hydrogens (tertiary/aromatic N) is 1. The lowest BCUT2D eigenvalue weighted by molar-refractivity contribution is -0.140. The number of unbranched alkanes of at least 4 members (excludes halogenated alkanes) is 1. The zero-order valence-corrected chi connectivity index (χ0v) is 14.0. The minimum atomic E-state index is -0.0712. The third-order valence-corrected chi connectivity index (χ3v) is 4.68. The number of esters is 1. The Bertz CT molecular complexity index is 447. The molecular formula is C19H29NO2. The summed E-state index contributed by atoms with van der Waals surface area (Å²) < 4.78 is 5.51. The maximum atomic E-state index is 12.2. The molecule has 0 amide bonds. The SMILES string of the molecule is CCCCc1ccc(OC(=O)C2CCC(CCC)CC2)cn1. The molecule has 1 fully saturated rings. The molecule has 122 valence electrons. The quantitative estimate of drug-likeness (QED) is 0.670. The van der Waals surface area contributed by atoms with Crippen molar-refractivity contribution >= 4 is 5.97 Å². The van der Waals surface area contributed by atoms with Crippen LogP contribution in [0.25, 0.3) is 0 Å². The van der Waals surface area contributed by atoms with Crippen molar-refractivity contribution in [2.75, 3.05) is 0 Å². The molecule has 0 aliphatic heterocycles. The summed E-state index contributed by atoms with van der Waals surface area (Å²) in [6.07, 6.45) is 11.8. The van der Waals surface area contributed by atoms with Crippen molar-refractivity contribution in [3.8, 4) is 5.75 Å². The molecule has 0 spiro atoms. The molecule has 22 heavy (non-hydrogen) atoms. The van der Waals surface area contributed by atoms with Gasteiger partial charge in [0.05, 0.1) is 12.1 Å². The van der Waals surface area contributed by atoms with Crippen LogP contribution in [0, 0.1) is 11.8 Å². The molecule has 1 saturated carbocycles. The van der Waals surface area contributed by atoms with E-state index in [-0.39, 0.29) is 11.9 Å². The highest BCUT2D eigenvalue weighted by Crippen LogP contribution is 2.32. The Morgan fingerprint density at radius 3 is 2.55 bits per heavy atom. The third kappa shape index (κ3) is 5.11. The summed E-state index contributed by atoms with van der Waals surface area (Å²) in [4.78, 5) is 16.6. The zero-order chi connectivity index (χ0) is 15.8. The zero-order valence-electron chi connectivity index (χ0n) is 14.0. The predicted octanol–water partition coefficient (Wildman–Crippen LogP) is 4.94. The molecule has 1 aromatic rings. The van der Waals surface area contributed by atoms with E-state index in [1.807, 2.05) is 12.1 Å². The average Bonchev–Trinajstić information content (AvgIpc) is 2.55. The number of aryl methyl sites for hydroxylation is 1. The molecule has 1 aliphatic carbocycles. The van der Waals surface area contributed by atoms with Crippen LogP contribution in [-0.4, -0.2) is 11.0 Å². The van der Waals surface area contributed by atoms with Gasteiger partial charge in [-0.25, -0.2) is 0 Å². The Hall–Kier alpha value is -1.38. The molecular weight excluding hydrogens is 274 g/mol. The van der Waals surface area contributed by atoms with Gasteiger partial charge in [0, 0.05) is 5.69 Å². The van der Waals surface area contributed by atoms with Crippen LogP contribution in [0.15, 0.2) is 18.3 Å². The van der Waals surface area contributed by atoms with E-state index in [4.69, 9.17) is 4.74 Å². The van der Waals surface area contributed by atoms with Crippen LogP contribution in [0.2, 0.25) is 0 Å². The number of hydrogen-bond donors (Lipinski definition) is 0. The van der Waals surface area contributed by atoms with Crippen LogP contribution in [0.5, 0.6) is 5.75 Å². The summed E-state index contributed by atoms with van der Waals surface area (Å²) in [7, 11) is 0. The summed E-state index contributed by atoms with van der Waals surface area (Å²) >= 11 is 0. The maximum Gasteiger partial charge on any atom is 0.314 e. The third-order valence-electron chi connectivity index (χ3n) is 4.68. The van der Waals surface area contributed by atoms with E-state index >= 15 is 0 Å². The van der Waals surface area contributed by atoms with Gasteiger partial charge in [0.1, 0.15) is 5.75 Å². The molecule has 0 bridgehead atoms. The minimum absolute atomic E-state index is 0.0712. The van der Waals surface area contributed by atoms with Crippen LogP contribution in [0.4, 0.5) is 0 Å². The summed E-state index contributed by atoms with van der Waals surface area (Å²) in [5, 5.41) is 0. The minimum Gasteiger partial charge on any atom is -0.425 e. The smallest absolute Gasteiger partial charge is 0.314 e. The number of pyridine rings is 1.